The molecule has 1 aromatic heterocycles. The van der Waals surface area contributed by atoms with Crippen LogP contribution in [0.2, 0.25) is 0 Å². The first-order chi connectivity index (χ1) is 15.1. The van der Waals surface area contributed by atoms with E-state index in [9.17, 15) is 16.8 Å². The molecule has 10 heteroatoms. The van der Waals surface area contributed by atoms with Crippen LogP contribution >= 0.6 is 0 Å². The largest absolute Gasteiger partial charge is 0.280 e. The van der Waals surface area contributed by atoms with E-state index >= 15 is 0 Å². The van der Waals surface area contributed by atoms with Gasteiger partial charge in [0.2, 0.25) is 5.95 Å². The molecule has 0 atom stereocenters. The molecular weight excluding hydrogens is 448 g/mol. The maximum absolute atomic E-state index is 12.8. The highest BCUT2D eigenvalue weighted by Crippen LogP contribution is 2.28. The number of hydrogen-bond donors (Lipinski definition) is 2. The Labute approximate surface area is 187 Å². The van der Waals surface area contributed by atoms with Gasteiger partial charge in [-0.3, -0.25) is 4.72 Å². The third-order valence-corrected chi connectivity index (χ3v) is 7.84. The predicted octanol–water partition coefficient (Wildman–Crippen LogP) is 3.62. The Morgan fingerprint density at radius 2 is 1.44 bits per heavy atom. The topological polar surface area (TPSA) is 118 Å². The minimum absolute atomic E-state index is 0.0169. The number of hydrogen-bond acceptors (Lipinski definition) is 6. The normalized spacial score (nSPS) is 13.8. The molecular formula is C22H22N4O4S2. The van der Waals surface area contributed by atoms with Gasteiger partial charge >= 0.3 is 0 Å². The van der Waals surface area contributed by atoms with E-state index in [1.807, 2.05) is 24.3 Å². The third-order valence-electron chi connectivity index (χ3n) is 4.98. The lowest BCUT2D eigenvalue weighted by molar-refractivity contribution is 0.600. The molecule has 0 unspecified atom stereocenters. The van der Waals surface area contributed by atoms with Gasteiger partial charge in [-0.1, -0.05) is 24.3 Å². The number of allylic oxidation sites excluding steroid dienone is 1. The molecule has 8 nitrogen and oxygen atoms in total. The van der Waals surface area contributed by atoms with Crippen molar-refractivity contribution in [1.82, 2.24) is 9.97 Å². The summed E-state index contributed by atoms with van der Waals surface area (Å²) in [5.41, 5.74) is 3.55. The minimum Gasteiger partial charge on any atom is -0.280 e. The van der Waals surface area contributed by atoms with Crippen LogP contribution in [0.3, 0.4) is 0 Å². The fourth-order valence-corrected chi connectivity index (χ4v) is 5.67. The lowest BCUT2D eigenvalue weighted by atomic mass is 9.98. The number of aromatic nitrogens is 2. The molecule has 0 bridgehead atoms. The van der Waals surface area contributed by atoms with Crippen molar-refractivity contribution in [3.05, 3.63) is 82.0 Å². The van der Waals surface area contributed by atoms with Crippen LogP contribution < -0.4 is 9.44 Å². The van der Waals surface area contributed by atoms with E-state index in [1.54, 1.807) is 26.0 Å². The van der Waals surface area contributed by atoms with E-state index in [0.717, 1.165) is 11.1 Å². The Balaban J connectivity index is 1.52. The van der Waals surface area contributed by atoms with Crippen LogP contribution in [0.25, 0.3) is 6.08 Å². The lowest BCUT2D eigenvalue weighted by Gasteiger charge is -2.17. The molecule has 0 radical (unpaired) electrons. The van der Waals surface area contributed by atoms with Crippen molar-refractivity contribution in [3.8, 4) is 0 Å². The number of benzene rings is 2. The van der Waals surface area contributed by atoms with Crippen molar-refractivity contribution in [2.24, 2.45) is 0 Å². The second-order valence-corrected chi connectivity index (χ2v) is 10.9. The zero-order valence-corrected chi connectivity index (χ0v) is 19.2. The van der Waals surface area contributed by atoms with Gasteiger partial charge in [0.05, 0.1) is 9.80 Å². The second kappa shape index (κ2) is 8.36. The summed E-state index contributed by atoms with van der Waals surface area (Å²) in [4.78, 5) is 8.42. The number of rotatable bonds is 6. The molecule has 0 aliphatic heterocycles. The van der Waals surface area contributed by atoms with E-state index in [-0.39, 0.29) is 16.5 Å². The number of sulfonamides is 2. The molecule has 1 aliphatic rings. The van der Waals surface area contributed by atoms with Gasteiger partial charge in [0.25, 0.3) is 20.0 Å². The fourth-order valence-electron chi connectivity index (χ4n) is 3.49. The molecule has 0 amide bonds. The van der Waals surface area contributed by atoms with E-state index in [4.69, 9.17) is 0 Å². The molecule has 4 rings (SSSR count). The van der Waals surface area contributed by atoms with E-state index in [1.165, 1.54) is 24.3 Å². The van der Waals surface area contributed by atoms with E-state index in [0.29, 0.717) is 29.1 Å². The van der Waals surface area contributed by atoms with E-state index < -0.39 is 20.0 Å². The summed E-state index contributed by atoms with van der Waals surface area (Å²) >= 11 is 0. The first-order valence-corrected chi connectivity index (χ1v) is 12.9. The molecule has 0 fully saturated rings. The molecule has 3 aromatic rings. The summed E-state index contributed by atoms with van der Waals surface area (Å²) in [5, 5.41) is 0. The van der Waals surface area contributed by atoms with E-state index in [2.05, 4.69) is 19.4 Å². The summed E-state index contributed by atoms with van der Waals surface area (Å²) in [5.74, 6) is -0.0169. The Morgan fingerprint density at radius 1 is 0.781 bits per heavy atom. The average molecular weight is 471 g/mol. The number of anilines is 2. The molecule has 0 saturated heterocycles. The summed E-state index contributed by atoms with van der Waals surface area (Å²) in [6.07, 6.45) is 2.72. The SMILES string of the molecule is Cc1cc(C)nc(NS(=O)(=O)c2ccc(NS(=O)(=O)C3=Cc4ccccc4CC3)cc2)n1. The molecule has 0 spiro atoms. The van der Waals surface area contributed by atoms with Gasteiger partial charge in [-0.15, -0.1) is 0 Å². The van der Waals surface area contributed by atoms with Gasteiger partial charge in [-0.25, -0.2) is 31.5 Å². The fraction of sp³-hybridized carbons (Fsp3) is 0.182. The maximum Gasteiger partial charge on any atom is 0.264 e. The first-order valence-electron chi connectivity index (χ1n) is 9.89. The lowest BCUT2D eigenvalue weighted by Crippen LogP contribution is -2.18. The van der Waals surface area contributed by atoms with Gasteiger partial charge < -0.3 is 0 Å². The van der Waals surface area contributed by atoms with Gasteiger partial charge in [0, 0.05) is 17.1 Å². The van der Waals surface area contributed by atoms with Crippen LogP contribution in [0.15, 0.2) is 64.4 Å². The summed E-state index contributed by atoms with van der Waals surface area (Å²) in [7, 11) is -7.68. The molecule has 2 aromatic carbocycles. The Morgan fingerprint density at radius 3 is 2.12 bits per heavy atom. The van der Waals surface area contributed by atoms with Crippen LogP contribution in [0.1, 0.15) is 28.9 Å². The molecule has 0 saturated carbocycles. The highest BCUT2D eigenvalue weighted by atomic mass is 32.2. The van der Waals surface area contributed by atoms with Crippen LogP contribution in [0, 0.1) is 13.8 Å². The molecule has 2 N–H and O–H groups in total. The van der Waals surface area contributed by atoms with Crippen molar-refractivity contribution in [1.29, 1.82) is 0 Å². The number of nitrogens with zero attached hydrogens (tertiary/aromatic N) is 2. The van der Waals surface area contributed by atoms with Crippen molar-refractivity contribution in [2.45, 2.75) is 31.6 Å². The quantitative estimate of drug-likeness (QED) is 0.568. The first kappa shape index (κ1) is 22.0. The van der Waals surface area contributed by atoms with Crippen molar-refractivity contribution < 1.29 is 16.8 Å². The summed E-state index contributed by atoms with van der Waals surface area (Å²) in [6, 6.07) is 14.9. The predicted molar refractivity (Wildman–Crippen MR) is 124 cm³/mol. The highest BCUT2D eigenvalue weighted by molar-refractivity contribution is 7.96. The van der Waals surface area contributed by atoms with Crippen molar-refractivity contribution in [3.63, 3.8) is 0 Å². The summed E-state index contributed by atoms with van der Waals surface area (Å²) in [6.45, 7) is 3.49. The Kier molecular flexibility index (Phi) is 5.74. The molecule has 1 aliphatic carbocycles. The maximum atomic E-state index is 12.8. The van der Waals surface area contributed by atoms with Crippen LogP contribution in [0.5, 0.6) is 0 Å². The Hall–Kier alpha value is -3.24. The van der Waals surface area contributed by atoms with Gasteiger partial charge in [-0.05, 0) is 74.2 Å². The third kappa shape index (κ3) is 4.81. The minimum atomic E-state index is -3.92. The van der Waals surface area contributed by atoms with Crippen molar-refractivity contribution >= 4 is 37.8 Å². The molecule has 166 valence electrons. The molecule has 32 heavy (non-hydrogen) atoms. The van der Waals surface area contributed by atoms with Crippen molar-refractivity contribution in [2.75, 3.05) is 9.44 Å². The monoisotopic (exact) mass is 470 g/mol. The van der Waals surface area contributed by atoms with Crippen LogP contribution in [-0.2, 0) is 26.5 Å². The number of fused-ring (bicyclic) bond motifs is 1. The van der Waals surface area contributed by atoms with Gasteiger partial charge in [0.15, 0.2) is 0 Å². The number of nitrogens with one attached hydrogen (secondary N) is 2. The van der Waals surface area contributed by atoms with Gasteiger partial charge in [0.1, 0.15) is 0 Å². The molecule has 1 heterocycles. The standard InChI is InChI=1S/C22H22N4O4S2/c1-15-13-16(2)24-22(23-15)26-31(27,28)20-11-8-19(9-12-20)25-32(29,30)21-10-7-17-5-3-4-6-18(17)14-21/h3-6,8-9,11-14,25H,7,10H2,1-2H3,(H,23,24,26). The Bertz CT molecular complexity index is 1390. The highest BCUT2D eigenvalue weighted by Gasteiger charge is 2.22. The smallest absolute Gasteiger partial charge is 0.264 e. The second-order valence-electron chi connectivity index (χ2n) is 7.52. The van der Waals surface area contributed by atoms with Crippen LogP contribution in [-0.4, -0.2) is 26.8 Å². The van der Waals surface area contributed by atoms with Crippen LogP contribution in [0.4, 0.5) is 11.6 Å². The number of aryl methyl sites for hydroxylation is 3. The zero-order chi connectivity index (χ0) is 22.9. The van der Waals surface area contributed by atoms with Gasteiger partial charge in [-0.2, -0.15) is 0 Å². The summed E-state index contributed by atoms with van der Waals surface area (Å²) < 4.78 is 55.8. The average Bonchev–Trinajstić information content (AvgIpc) is 2.72. The zero-order valence-electron chi connectivity index (χ0n) is 17.5.